The fraction of sp³-hybridized carbons (Fsp3) is 0.138. The number of rotatable bonds is 10. The predicted octanol–water partition coefficient (Wildman–Crippen LogP) is 5.19. The van der Waals surface area contributed by atoms with E-state index >= 15 is 0 Å². The first-order chi connectivity index (χ1) is 20.5. The largest absolute Gasteiger partial charge is 0.618 e. The molecular formula is C29H23F3N4O7. The van der Waals surface area contributed by atoms with Crippen molar-refractivity contribution in [1.82, 2.24) is 0 Å². The molecule has 0 unspecified atom stereocenters. The molecule has 4 rings (SSSR count). The molecule has 3 aromatic carbocycles. The second-order valence-electron chi connectivity index (χ2n) is 8.99. The molecule has 0 fully saturated rings. The molecule has 0 amide bonds. The minimum absolute atomic E-state index is 0.0221. The lowest BCUT2D eigenvalue weighted by Gasteiger charge is -2.14. The third-order valence-electron chi connectivity index (χ3n) is 6.05. The van der Waals surface area contributed by atoms with Gasteiger partial charge in [-0.1, -0.05) is 65.8 Å². The maximum absolute atomic E-state index is 13.0. The lowest BCUT2D eigenvalue weighted by atomic mass is 10.1. The van der Waals surface area contributed by atoms with Crippen LogP contribution in [-0.2, 0) is 24.2 Å². The van der Waals surface area contributed by atoms with Gasteiger partial charge in [0.1, 0.15) is 13.2 Å². The molecule has 0 bridgehead atoms. The summed E-state index contributed by atoms with van der Waals surface area (Å²) in [5.41, 5.74) is 4.13. The van der Waals surface area contributed by atoms with Crippen LogP contribution in [0.4, 0.5) is 18.9 Å². The minimum Gasteiger partial charge on any atom is -0.618 e. The normalized spacial score (nSPS) is 11.6. The molecular weight excluding hydrogens is 573 g/mol. The number of carbonyl (C=O) groups is 1. The smallest absolute Gasteiger partial charge is 0.478 e. The van der Waals surface area contributed by atoms with Crippen molar-refractivity contribution in [3.8, 4) is 11.5 Å². The zero-order chi connectivity index (χ0) is 31.1. The molecule has 1 heterocycles. The van der Waals surface area contributed by atoms with Crippen molar-refractivity contribution in [2.45, 2.75) is 26.3 Å². The van der Waals surface area contributed by atoms with Gasteiger partial charge in [0.15, 0.2) is 11.6 Å². The van der Waals surface area contributed by atoms with Crippen LogP contribution in [0.1, 0.15) is 38.4 Å². The Labute approximate surface area is 242 Å². The van der Waals surface area contributed by atoms with Gasteiger partial charge in [-0.3, -0.25) is 10.1 Å². The molecule has 0 saturated carbocycles. The topological polar surface area (TPSA) is 153 Å². The molecule has 0 atom stereocenters. The number of nitrogens with zero attached hydrogens (tertiary/aromatic N) is 3. The Kier molecular flexibility index (Phi) is 9.08. The van der Waals surface area contributed by atoms with Gasteiger partial charge in [-0.25, -0.2) is 4.79 Å². The lowest BCUT2D eigenvalue weighted by Crippen LogP contribution is -2.41. The van der Waals surface area contributed by atoms with E-state index in [1.165, 1.54) is 6.07 Å². The Balaban J connectivity index is 1.65. The van der Waals surface area contributed by atoms with Gasteiger partial charge < -0.3 is 25.3 Å². The number of aromatic nitrogens is 1. The third-order valence-corrected chi connectivity index (χ3v) is 6.05. The molecule has 222 valence electrons. The zero-order valence-corrected chi connectivity index (χ0v) is 22.4. The molecule has 0 spiro atoms. The summed E-state index contributed by atoms with van der Waals surface area (Å²) in [5, 5.41) is 27.5. The summed E-state index contributed by atoms with van der Waals surface area (Å²) in [5.74, 6) is -2.15. The third kappa shape index (κ3) is 7.35. The monoisotopic (exact) mass is 596 g/mol. The van der Waals surface area contributed by atoms with E-state index in [-0.39, 0.29) is 40.6 Å². The Hall–Kier alpha value is -5.66. The summed E-state index contributed by atoms with van der Waals surface area (Å²) in [6, 6.07) is 21.2. The quantitative estimate of drug-likeness (QED) is 0.0499. The van der Waals surface area contributed by atoms with Crippen molar-refractivity contribution in [3.05, 3.63) is 134 Å². The van der Waals surface area contributed by atoms with Crippen LogP contribution in [-0.4, -0.2) is 16.7 Å². The predicted molar refractivity (Wildman–Crippen MR) is 146 cm³/mol. The summed E-state index contributed by atoms with van der Waals surface area (Å²) in [6.07, 6.45) is -4.91. The highest BCUT2D eigenvalue weighted by Gasteiger charge is 2.40. The van der Waals surface area contributed by atoms with Gasteiger partial charge in [-0.15, -0.1) is 0 Å². The van der Waals surface area contributed by atoms with E-state index in [4.69, 9.17) is 20.0 Å². The van der Waals surface area contributed by atoms with Gasteiger partial charge in [0.25, 0.3) is 5.69 Å². The van der Waals surface area contributed by atoms with E-state index in [0.717, 1.165) is 30.2 Å². The number of ether oxygens (including phenoxy) is 2. The van der Waals surface area contributed by atoms with Crippen LogP contribution in [0.3, 0.4) is 0 Å². The Bertz CT molecular complexity index is 1660. The molecule has 0 saturated heterocycles. The molecule has 14 heteroatoms. The zero-order valence-electron chi connectivity index (χ0n) is 22.4. The fourth-order valence-electron chi connectivity index (χ4n) is 3.87. The van der Waals surface area contributed by atoms with Gasteiger partial charge in [-0.05, 0) is 23.3 Å². The van der Waals surface area contributed by atoms with Gasteiger partial charge in [0.05, 0.1) is 16.1 Å². The highest BCUT2D eigenvalue weighted by Crippen LogP contribution is 2.40. The maximum Gasteiger partial charge on any atom is 0.478 e. The van der Waals surface area contributed by atoms with Crippen LogP contribution in [0.25, 0.3) is 0 Å². The summed E-state index contributed by atoms with van der Waals surface area (Å²) in [4.78, 5) is 29.0. The van der Waals surface area contributed by atoms with Crippen LogP contribution in [0.2, 0.25) is 0 Å². The minimum atomic E-state index is -4.91. The molecule has 0 aliphatic carbocycles. The Morgan fingerprint density at radius 3 is 2.09 bits per heavy atom. The maximum atomic E-state index is 13.0. The van der Waals surface area contributed by atoms with Crippen molar-refractivity contribution in [2.24, 2.45) is 10.9 Å². The number of amidine groups is 1. The lowest BCUT2D eigenvalue weighted by molar-refractivity contribution is -0.635. The van der Waals surface area contributed by atoms with E-state index < -0.39 is 40.0 Å². The van der Waals surface area contributed by atoms with E-state index in [2.05, 4.69) is 5.16 Å². The second kappa shape index (κ2) is 12.9. The van der Waals surface area contributed by atoms with Crippen LogP contribution in [0.5, 0.6) is 11.5 Å². The van der Waals surface area contributed by atoms with E-state index in [1.807, 2.05) is 0 Å². The number of benzene rings is 3. The van der Waals surface area contributed by atoms with Crippen LogP contribution in [0, 0.1) is 22.2 Å². The van der Waals surface area contributed by atoms with Crippen LogP contribution < -0.4 is 19.9 Å². The number of nitro benzene ring substituents is 1. The highest BCUT2D eigenvalue weighted by atomic mass is 19.4. The first-order valence-electron chi connectivity index (χ1n) is 12.5. The van der Waals surface area contributed by atoms with Gasteiger partial charge in [-0.2, -0.15) is 17.9 Å². The average Bonchev–Trinajstić information content (AvgIpc) is 2.99. The first kappa shape index (κ1) is 30.3. The summed E-state index contributed by atoms with van der Waals surface area (Å²) in [6.45, 7) is 1.02. The number of carbonyl (C=O) groups excluding carboxylic acids is 1. The summed E-state index contributed by atoms with van der Waals surface area (Å²) < 4.78 is 50.3. The molecule has 2 N–H and O–H groups in total. The molecule has 0 radical (unpaired) electrons. The number of oxime groups is 1. The van der Waals surface area contributed by atoms with Crippen molar-refractivity contribution in [3.63, 3.8) is 0 Å². The Morgan fingerprint density at radius 1 is 0.953 bits per heavy atom. The number of nitrogens with two attached hydrogens (primary N) is 1. The standard InChI is InChI=1S/C29H23F3N4O7/c1-18-22(12-13-25(35(18)38)29(30,31)32)27(33)34-43-28(37)21-14-23(36(39)40)26(42-17-20-10-6-3-7-11-20)24(15-21)41-16-19-8-4-2-5-9-19/h2-15H,16-17H2,1H3,(H2,33,34). The van der Waals surface area contributed by atoms with Crippen LogP contribution in [0.15, 0.2) is 90.1 Å². The average molecular weight is 597 g/mol. The number of pyridine rings is 1. The SMILES string of the molecule is Cc1c(/C(N)=N/OC(=O)c2cc(OCc3ccccc3)c(OCc3ccccc3)c([N+](=O)[O-])c2)ccc(C(F)(F)F)[n+]1[O-]. The molecule has 11 nitrogen and oxygen atoms in total. The first-order valence-corrected chi connectivity index (χ1v) is 12.5. The fourth-order valence-corrected chi connectivity index (χ4v) is 3.87. The molecule has 4 aromatic rings. The van der Waals surface area contributed by atoms with Crippen LogP contribution >= 0.6 is 0 Å². The van der Waals surface area contributed by atoms with E-state index in [0.29, 0.717) is 6.07 Å². The highest BCUT2D eigenvalue weighted by molar-refractivity contribution is 5.99. The number of nitro groups is 1. The number of halogens is 3. The molecule has 43 heavy (non-hydrogen) atoms. The molecule has 1 aromatic heterocycles. The summed E-state index contributed by atoms with van der Waals surface area (Å²) in [7, 11) is 0. The van der Waals surface area contributed by atoms with E-state index in [1.54, 1.807) is 60.7 Å². The number of hydrogen-bond acceptors (Lipinski definition) is 8. The van der Waals surface area contributed by atoms with E-state index in [9.17, 15) is 33.3 Å². The number of hydrogen-bond donors (Lipinski definition) is 1. The van der Waals surface area contributed by atoms with Gasteiger partial charge in [0, 0.05) is 19.1 Å². The molecule has 0 aliphatic heterocycles. The van der Waals surface area contributed by atoms with Crippen molar-refractivity contribution >= 4 is 17.5 Å². The second-order valence-corrected chi connectivity index (χ2v) is 8.99. The van der Waals surface area contributed by atoms with Crippen molar-refractivity contribution in [1.29, 1.82) is 0 Å². The molecule has 0 aliphatic rings. The van der Waals surface area contributed by atoms with Crippen molar-refractivity contribution < 1.29 is 41.9 Å². The summed E-state index contributed by atoms with van der Waals surface area (Å²) >= 11 is 0. The number of alkyl halides is 3. The Morgan fingerprint density at radius 2 is 1.53 bits per heavy atom. The van der Waals surface area contributed by atoms with Crippen molar-refractivity contribution in [2.75, 3.05) is 0 Å². The van der Waals surface area contributed by atoms with Gasteiger partial charge in [0.2, 0.25) is 11.4 Å². The van der Waals surface area contributed by atoms with Gasteiger partial charge >= 0.3 is 17.8 Å².